The van der Waals surface area contributed by atoms with Gasteiger partial charge in [0.05, 0.1) is 37.2 Å². The number of rotatable bonds is 5. The molecule has 142 valence electrons. The molecule has 0 bridgehead atoms. The summed E-state index contributed by atoms with van der Waals surface area (Å²) in [5, 5.41) is 15.2. The van der Waals surface area contributed by atoms with Crippen molar-refractivity contribution in [2.75, 3.05) is 20.8 Å². The van der Waals surface area contributed by atoms with E-state index in [9.17, 15) is 5.11 Å². The molecule has 1 unspecified atom stereocenters. The fourth-order valence-corrected chi connectivity index (χ4v) is 4.03. The first-order valence-corrected chi connectivity index (χ1v) is 9.28. The summed E-state index contributed by atoms with van der Waals surface area (Å²) in [6.45, 7) is 1.71. The Labute approximate surface area is 159 Å². The number of phenolic OH excluding ortho intramolecular Hbond substituents is 1. The molecule has 6 nitrogen and oxygen atoms in total. The van der Waals surface area contributed by atoms with E-state index in [0.29, 0.717) is 16.5 Å². The fraction of sp³-hybridized carbons (Fsp3) is 0.526. The number of aromatic hydroxyl groups is 1. The molecule has 0 aliphatic carbocycles. The number of halogens is 1. The SMILES string of the molecule is COc1cc(CN2CCCCCC2c2c(Cl)cnn2C)cc(OC)c1O. The molecule has 2 heterocycles. The van der Waals surface area contributed by atoms with Crippen LogP contribution in [0.5, 0.6) is 17.2 Å². The number of methoxy groups -OCH3 is 2. The number of aryl methyl sites for hydroxylation is 1. The van der Waals surface area contributed by atoms with Crippen LogP contribution < -0.4 is 9.47 Å². The molecule has 7 heteroatoms. The molecule has 0 radical (unpaired) electrons. The van der Waals surface area contributed by atoms with Gasteiger partial charge in [0.25, 0.3) is 0 Å². The van der Waals surface area contributed by atoms with E-state index in [4.69, 9.17) is 21.1 Å². The zero-order chi connectivity index (χ0) is 18.7. The van der Waals surface area contributed by atoms with Crippen LogP contribution in [0.25, 0.3) is 0 Å². The average molecular weight is 380 g/mol. The Kier molecular flexibility index (Phi) is 5.94. The van der Waals surface area contributed by atoms with Crippen molar-refractivity contribution in [1.29, 1.82) is 0 Å². The van der Waals surface area contributed by atoms with Crippen molar-refractivity contribution in [3.63, 3.8) is 0 Å². The Balaban J connectivity index is 1.93. The van der Waals surface area contributed by atoms with E-state index in [2.05, 4.69) is 10.00 Å². The number of hydrogen-bond acceptors (Lipinski definition) is 5. The maximum atomic E-state index is 10.1. The maximum absolute atomic E-state index is 10.1. The summed E-state index contributed by atoms with van der Waals surface area (Å²) in [4.78, 5) is 2.43. The van der Waals surface area contributed by atoms with E-state index in [1.165, 1.54) is 12.8 Å². The molecular weight excluding hydrogens is 354 g/mol. The summed E-state index contributed by atoms with van der Waals surface area (Å²) in [7, 11) is 5.03. The highest BCUT2D eigenvalue weighted by molar-refractivity contribution is 6.31. The Morgan fingerprint density at radius 3 is 2.46 bits per heavy atom. The van der Waals surface area contributed by atoms with Crippen LogP contribution in [-0.4, -0.2) is 40.6 Å². The zero-order valence-electron chi connectivity index (χ0n) is 15.5. The van der Waals surface area contributed by atoms with Crippen molar-refractivity contribution >= 4 is 11.6 Å². The minimum atomic E-state index is 0.0286. The van der Waals surface area contributed by atoms with Crippen LogP contribution in [0, 0.1) is 0 Å². The first-order chi connectivity index (χ1) is 12.5. The highest BCUT2D eigenvalue weighted by atomic mass is 35.5. The predicted octanol–water partition coefficient (Wildman–Crippen LogP) is 3.91. The van der Waals surface area contributed by atoms with Gasteiger partial charge in [-0.1, -0.05) is 24.4 Å². The number of hydrogen-bond donors (Lipinski definition) is 1. The lowest BCUT2D eigenvalue weighted by Gasteiger charge is -2.30. The maximum Gasteiger partial charge on any atom is 0.200 e. The van der Waals surface area contributed by atoms with Gasteiger partial charge in [0.1, 0.15) is 0 Å². The van der Waals surface area contributed by atoms with Crippen LogP contribution in [-0.2, 0) is 13.6 Å². The number of phenols is 1. The van der Waals surface area contributed by atoms with Gasteiger partial charge in [0.2, 0.25) is 5.75 Å². The Bertz CT molecular complexity index is 718. The molecule has 0 amide bonds. The second kappa shape index (κ2) is 8.18. The van der Waals surface area contributed by atoms with Crippen LogP contribution in [0.15, 0.2) is 18.3 Å². The largest absolute Gasteiger partial charge is 0.502 e. The molecule has 1 aromatic carbocycles. The zero-order valence-corrected chi connectivity index (χ0v) is 16.3. The molecular formula is C19H26ClN3O3. The van der Waals surface area contributed by atoms with E-state index in [1.807, 2.05) is 23.9 Å². The average Bonchev–Trinajstić information content (AvgIpc) is 2.83. The monoisotopic (exact) mass is 379 g/mol. The second-order valence-electron chi connectivity index (χ2n) is 6.69. The Morgan fingerprint density at radius 1 is 1.19 bits per heavy atom. The lowest BCUT2D eigenvalue weighted by Crippen LogP contribution is -2.29. The first kappa shape index (κ1) is 18.9. The summed E-state index contributed by atoms with van der Waals surface area (Å²) < 4.78 is 12.5. The number of nitrogens with zero attached hydrogens (tertiary/aromatic N) is 3. The number of aromatic nitrogens is 2. The van der Waals surface area contributed by atoms with Gasteiger partial charge < -0.3 is 14.6 Å². The standard InChI is InChI=1S/C19H26ClN3O3/c1-22-18(14(20)11-21-22)15-7-5-4-6-8-23(15)12-13-9-16(25-2)19(24)17(10-13)26-3/h9-11,15,24H,4-8,12H2,1-3H3. The molecule has 1 aliphatic heterocycles. The van der Waals surface area contributed by atoms with Gasteiger partial charge in [-0.3, -0.25) is 9.58 Å². The molecule has 0 saturated carbocycles. The number of ether oxygens (including phenoxy) is 2. The van der Waals surface area contributed by atoms with Crippen LogP contribution >= 0.6 is 11.6 Å². The van der Waals surface area contributed by atoms with Gasteiger partial charge in [-0.25, -0.2) is 0 Å². The van der Waals surface area contributed by atoms with E-state index >= 15 is 0 Å². The summed E-state index contributed by atoms with van der Waals surface area (Å²) in [5.74, 6) is 0.870. The highest BCUT2D eigenvalue weighted by Gasteiger charge is 2.27. The fourth-order valence-electron chi connectivity index (χ4n) is 3.74. The third-order valence-corrected chi connectivity index (χ3v) is 5.33. The van der Waals surface area contributed by atoms with Crippen molar-refractivity contribution in [1.82, 2.24) is 14.7 Å². The third-order valence-electron chi connectivity index (χ3n) is 5.04. The van der Waals surface area contributed by atoms with Crippen LogP contribution in [0.1, 0.15) is 43.0 Å². The van der Waals surface area contributed by atoms with Gasteiger partial charge in [-0.15, -0.1) is 0 Å². The summed E-state index contributed by atoms with van der Waals surface area (Å²) in [5.41, 5.74) is 2.09. The normalized spacial score (nSPS) is 18.5. The molecule has 2 aromatic rings. The first-order valence-electron chi connectivity index (χ1n) is 8.90. The molecule has 3 rings (SSSR count). The molecule has 1 atom stereocenters. The minimum absolute atomic E-state index is 0.0286. The summed E-state index contributed by atoms with van der Waals surface area (Å²) in [6.07, 6.45) is 6.30. The van der Waals surface area contributed by atoms with E-state index in [-0.39, 0.29) is 11.8 Å². The van der Waals surface area contributed by atoms with Crippen LogP contribution in [0.3, 0.4) is 0 Å². The lowest BCUT2D eigenvalue weighted by atomic mass is 10.1. The topological polar surface area (TPSA) is 59.8 Å². The van der Waals surface area contributed by atoms with Crippen molar-refractivity contribution in [2.24, 2.45) is 7.05 Å². The number of likely N-dealkylation sites (tertiary alicyclic amines) is 1. The quantitative estimate of drug-likeness (QED) is 0.853. The predicted molar refractivity (Wildman–Crippen MR) is 101 cm³/mol. The van der Waals surface area contributed by atoms with Gasteiger partial charge in [0.15, 0.2) is 11.5 Å². The van der Waals surface area contributed by atoms with Crippen molar-refractivity contribution < 1.29 is 14.6 Å². The molecule has 1 saturated heterocycles. The summed E-state index contributed by atoms with van der Waals surface area (Å²) >= 11 is 6.43. The minimum Gasteiger partial charge on any atom is -0.502 e. The third kappa shape index (κ3) is 3.76. The number of benzene rings is 1. The Morgan fingerprint density at radius 2 is 1.88 bits per heavy atom. The van der Waals surface area contributed by atoms with Gasteiger partial charge in [-0.05, 0) is 37.1 Å². The smallest absolute Gasteiger partial charge is 0.200 e. The van der Waals surface area contributed by atoms with Gasteiger partial charge in [0, 0.05) is 13.6 Å². The van der Waals surface area contributed by atoms with Crippen molar-refractivity contribution in [2.45, 2.75) is 38.3 Å². The molecule has 1 aliphatic rings. The van der Waals surface area contributed by atoms with Crippen LogP contribution in [0.2, 0.25) is 5.02 Å². The molecule has 1 fully saturated rings. The van der Waals surface area contributed by atoms with Gasteiger partial charge in [-0.2, -0.15) is 5.10 Å². The molecule has 0 spiro atoms. The van der Waals surface area contributed by atoms with Crippen molar-refractivity contribution in [3.05, 3.63) is 34.6 Å². The highest BCUT2D eigenvalue weighted by Crippen LogP contribution is 2.39. The lowest BCUT2D eigenvalue weighted by molar-refractivity contribution is 0.184. The Hall–Kier alpha value is -1.92. The van der Waals surface area contributed by atoms with E-state index in [0.717, 1.165) is 37.2 Å². The molecule has 1 aromatic heterocycles. The second-order valence-corrected chi connectivity index (χ2v) is 7.09. The van der Waals surface area contributed by atoms with Gasteiger partial charge >= 0.3 is 0 Å². The van der Waals surface area contributed by atoms with E-state index in [1.54, 1.807) is 20.4 Å². The van der Waals surface area contributed by atoms with E-state index < -0.39 is 0 Å². The summed E-state index contributed by atoms with van der Waals surface area (Å²) in [6, 6.07) is 3.94. The molecule has 1 N–H and O–H groups in total. The molecule has 26 heavy (non-hydrogen) atoms. The van der Waals surface area contributed by atoms with Crippen LogP contribution in [0.4, 0.5) is 0 Å². The van der Waals surface area contributed by atoms with Crippen molar-refractivity contribution in [3.8, 4) is 17.2 Å².